The van der Waals surface area contributed by atoms with Crippen LogP contribution in [0.3, 0.4) is 0 Å². The Balaban J connectivity index is 0.00000361. The molecule has 0 aliphatic rings. The number of aliphatic hydroxyl groups excluding tert-OH is 1. The summed E-state index contributed by atoms with van der Waals surface area (Å²) >= 11 is 0. The molecule has 0 aliphatic carbocycles. The number of benzene rings is 1. The van der Waals surface area contributed by atoms with Crippen LogP contribution in [-0.4, -0.2) is 30.9 Å². The second-order valence-electron chi connectivity index (χ2n) is 5.49. The van der Waals surface area contributed by atoms with E-state index >= 15 is 0 Å². The van der Waals surface area contributed by atoms with Gasteiger partial charge in [0.05, 0.1) is 12.7 Å². The lowest BCUT2D eigenvalue weighted by Gasteiger charge is -2.12. The first-order chi connectivity index (χ1) is 8.99. The van der Waals surface area contributed by atoms with Crippen molar-refractivity contribution in [2.75, 3.05) is 19.7 Å². The van der Waals surface area contributed by atoms with E-state index in [2.05, 4.69) is 44.3 Å². The Kier molecular flexibility index (Phi) is 9.64. The minimum Gasteiger partial charge on any atom is -1.00 e. The van der Waals surface area contributed by atoms with Crippen molar-refractivity contribution in [3.8, 4) is 5.75 Å². The maximum atomic E-state index is 9.11. The number of nitrogens with one attached hydrogen (secondary N) is 1. The topological polar surface area (TPSA) is 41.5 Å². The van der Waals surface area contributed by atoms with Crippen LogP contribution in [-0.2, 0) is 0 Å². The minimum atomic E-state index is -0.286. The third-order valence-electron chi connectivity index (χ3n) is 2.95. The van der Waals surface area contributed by atoms with Gasteiger partial charge >= 0.3 is 0 Å². The summed E-state index contributed by atoms with van der Waals surface area (Å²) in [5.74, 6) is 1.48. The van der Waals surface area contributed by atoms with Gasteiger partial charge in [-0.3, -0.25) is 0 Å². The van der Waals surface area contributed by atoms with Crippen LogP contribution in [0.25, 0.3) is 0 Å². The Bertz CT molecular complexity index is 381. The molecule has 1 aromatic rings. The van der Waals surface area contributed by atoms with Crippen molar-refractivity contribution in [3.05, 3.63) is 29.3 Å². The molecule has 0 saturated carbocycles. The molecule has 0 bridgehead atoms. The van der Waals surface area contributed by atoms with Gasteiger partial charge in [-0.2, -0.15) is 0 Å². The molecule has 1 aromatic carbocycles. The summed E-state index contributed by atoms with van der Waals surface area (Å²) in [7, 11) is 0. The molecule has 0 saturated heterocycles. The quantitative estimate of drug-likeness (QED) is 0.657. The molecule has 3 nitrogen and oxygen atoms in total. The van der Waals surface area contributed by atoms with Gasteiger partial charge in [-0.15, -0.1) is 0 Å². The Morgan fingerprint density at radius 1 is 1.20 bits per heavy atom. The van der Waals surface area contributed by atoms with E-state index in [-0.39, 0.29) is 18.5 Å². The first-order valence-corrected chi connectivity index (χ1v) is 7.12. The molecule has 4 heteroatoms. The average molecular weight is 301 g/mol. The highest BCUT2D eigenvalue weighted by Crippen LogP contribution is 2.22. The van der Waals surface area contributed by atoms with Crippen LogP contribution >= 0.6 is 0 Å². The average Bonchev–Trinajstić information content (AvgIpc) is 2.32. The van der Waals surface area contributed by atoms with E-state index in [9.17, 15) is 0 Å². The molecule has 116 valence electrons. The lowest BCUT2D eigenvalue weighted by atomic mass is 10.0. The van der Waals surface area contributed by atoms with Crippen molar-refractivity contribution in [1.82, 2.24) is 5.32 Å². The summed E-state index contributed by atoms with van der Waals surface area (Å²) in [4.78, 5) is 0. The first kappa shape index (κ1) is 19.2. The maximum Gasteiger partial charge on any atom is 0.119 e. The highest BCUT2D eigenvalue weighted by Gasteiger charge is 2.03. The number of aliphatic hydroxyl groups is 1. The Morgan fingerprint density at radius 3 is 2.50 bits per heavy atom. The summed E-state index contributed by atoms with van der Waals surface area (Å²) < 4.78 is 5.78. The van der Waals surface area contributed by atoms with Crippen LogP contribution in [0.1, 0.15) is 44.2 Å². The van der Waals surface area contributed by atoms with Gasteiger partial charge in [0.15, 0.2) is 0 Å². The third kappa shape index (κ3) is 7.73. The third-order valence-corrected chi connectivity index (χ3v) is 2.95. The molecule has 0 aromatic heterocycles. The second kappa shape index (κ2) is 10.0. The first-order valence-electron chi connectivity index (χ1n) is 7.12. The summed E-state index contributed by atoms with van der Waals surface area (Å²) in [5.41, 5.74) is 2.57. The monoisotopic (exact) mass is 300 g/mol. The van der Waals surface area contributed by atoms with Crippen LogP contribution in [0, 0.1) is 6.92 Å². The highest BCUT2D eigenvalue weighted by molar-refractivity contribution is 5.35. The molecule has 0 radical (unpaired) electrons. The van der Waals surface area contributed by atoms with Gasteiger partial charge in [-0.05, 0) is 56.0 Å². The molecule has 2 N–H and O–H groups in total. The molecular weight excluding hydrogens is 274 g/mol. The zero-order valence-corrected chi connectivity index (χ0v) is 13.7. The molecular formula is C16H27ClNO2-. The standard InChI is InChI=1S/C16H27NO2.ClH/c1-12(2)15-8-13(3)9-16(10-15)19-7-5-6-17-11-14(4)18;/h8-10,12,14,17-18H,5-7,11H2,1-4H3;1H/p-1. The Labute approximate surface area is 129 Å². The van der Waals surface area contributed by atoms with E-state index in [1.54, 1.807) is 6.92 Å². The van der Waals surface area contributed by atoms with E-state index < -0.39 is 0 Å². The number of rotatable bonds is 8. The molecule has 0 aliphatic heterocycles. The van der Waals surface area contributed by atoms with E-state index in [1.807, 2.05) is 0 Å². The molecule has 0 fully saturated rings. The van der Waals surface area contributed by atoms with E-state index in [0.29, 0.717) is 19.1 Å². The van der Waals surface area contributed by atoms with Gasteiger partial charge in [0.2, 0.25) is 0 Å². The second-order valence-corrected chi connectivity index (χ2v) is 5.49. The Morgan fingerprint density at radius 2 is 1.90 bits per heavy atom. The fourth-order valence-corrected chi connectivity index (χ4v) is 1.89. The zero-order chi connectivity index (χ0) is 14.3. The molecule has 1 atom stereocenters. The van der Waals surface area contributed by atoms with Crippen molar-refractivity contribution in [3.63, 3.8) is 0 Å². The fourth-order valence-electron chi connectivity index (χ4n) is 1.89. The van der Waals surface area contributed by atoms with Gasteiger partial charge in [-0.25, -0.2) is 0 Å². The predicted molar refractivity (Wildman–Crippen MR) is 79.9 cm³/mol. The summed E-state index contributed by atoms with van der Waals surface area (Å²) in [5, 5.41) is 12.3. The lowest BCUT2D eigenvalue weighted by molar-refractivity contribution is -0.00000687. The van der Waals surface area contributed by atoms with Crippen molar-refractivity contribution >= 4 is 0 Å². The van der Waals surface area contributed by atoms with Crippen molar-refractivity contribution < 1.29 is 22.3 Å². The smallest absolute Gasteiger partial charge is 0.119 e. The molecule has 1 unspecified atom stereocenters. The Hall–Kier alpha value is -0.770. The minimum absolute atomic E-state index is 0. The van der Waals surface area contributed by atoms with E-state index in [0.717, 1.165) is 18.7 Å². The van der Waals surface area contributed by atoms with Crippen molar-refractivity contribution in [2.24, 2.45) is 0 Å². The molecule has 0 amide bonds. The lowest BCUT2D eigenvalue weighted by Crippen LogP contribution is -3.00. The number of ether oxygens (including phenoxy) is 1. The van der Waals surface area contributed by atoms with Gasteiger partial charge in [0.25, 0.3) is 0 Å². The van der Waals surface area contributed by atoms with Gasteiger partial charge in [-0.1, -0.05) is 19.9 Å². The fraction of sp³-hybridized carbons (Fsp3) is 0.625. The van der Waals surface area contributed by atoms with Gasteiger partial charge in [0, 0.05) is 6.54 Å². The van der Waals surface area contributed by atoms with Crippen LogP contribution in [0.2, 0.25) is 0 Å². The number of halogens is 1. The van der Waals surface area contributed by atoms with E-state index in [1.165, 1.54) is 11.1 Å². The predicted octanol–water partition coefficient (Wildman–Crippen LogP) is -0.138. The summed E-state index contributed by atoms with van der Waals surface area (Å²) in [6, 6.07) is 6.41. The highest BCUT2D eigenvalue weighted by atomic mass is 35.5. The van der Waals surface area contributed by atoms with Crippen molar-refractivity contribution in [2.45, 2.75) is 46.1 Å². The zero-order valence-electron chi connectivity index (χ0n) is 12.9. The van der Waals surface area contributed by atoms with Crippen LogP contribution in [0.15, 0.2) is 18.2 Å². The SMILES string of the molecule is Cc1cc(OCCCNCC(C)O)cc(C(C)C)c1.[Cl-]. The molecule has 0 heterocycles. The van der Waals surface area contributed by atoms with Gasteiger partial charge < -0.3 is 27.6 Å². The number of aryl methyl sites for hydroxylation is 1. The largest absolute Gasteiger partial charge is 1.00 e. The summed E-state index contributed by atoms with van der Waals surface area (Å²) in [6.45, 7) is 10.5. The number of hydrogen-bond donors (Lipinski definition) is 2. The molecule has 0 spiro atoms. The van der Waals surface area contributed by atoms with Crippen LogP contribution < -0.4 is 22.5 Å². The van der Waals surface area contributed by atoms with E-state index in [4.69, 9.17) is 9.84 Å². The number of hydrogen-bond acceptors (Lipinski definition) is 3. The van der Waals surface area contributed by atoms with Crippen LogP contribution in [0.5, 0.6) is 5.75 Å². The maximum absolute atomic E-state index is 9.11. The molecule has 20 heavy (non-hydrogen) atoms. The molecule has 1 rings (SSSR count). The van der Waals surface area contributed by atoms with Crippen molar-refractivity contribution in [1.29, 1.82) is 0 Å². The summed E-state index contributed by atoms with van der Waals surface area (Å²) in [6.07, 6.45) is 0.656. The van der Waals surface area contributed by atoms with Gasteiger partial charge in [0.1, 0.15) is 5.75 Å². The normalized spacial score (nSPS) is 12.1. The van der Waals surface area contributed by atoms with Crippen LogP contribution in [0.4, 0.5) is 0 Å².